The van der Waals surface area contributed by atoms with Crippen molar-refractivity contribution in [1.29, 1.82) is 0 Å². The molecule has 2 atom stereocenters. The van der Waals surface area contributed by atoms with Crippen LogP contribution in [0.2, 0.25) is 5.02 Å². The maximum absolute atomic E-state index is 12.9. The maximum Gasteiger partial charge on any atom is 0.339 e. The van der Waals surface area contributed by atoms with Crippen LogP contribution >= 0.6 is 11.6 Å². The zero-order valence-corrected chi connectivity index (χ0v) is 15.4. The first kappa shape index (κ1) is 17.6. The molecule has 2 aliphatic heterocycles. The third-order valence-corrected chi connectivity index (χ3v) is 5.54. The second-order valence-corrected chi connectivity index (χ2v) is 7.16. The number of esters is 1. The van der Waals surface area contributed by atoms with E-state index in [1.807, 2.05) is 4.90 Å². The second-order valence-electron chi connectivity index (χ2n) is 6.75. The van der Waals surface area contributed by atoms with Gasteiger partial charge in [-0.3, -0.25) is 4.79 Å². The van der Waals surface area contributed by atoms with Crippen LogP contribution in [0.4, 0.5) is 10.5 Å². The van der Waals surface area contributed by atoms with Crippen molar-refractivity contribution < 1.29 is 14.3 Å². The number of carbonyl (C=O) groups excluding carboxylic acids is 2. The van der Waals surface area contributed by atoms with E-state index in [0.29, 0.717) is 12.1 Å². The molecule has 0 unspecified atom stereocenters. The Morgan fingerprint density at radius 3 is 2.85 bits per heavy atom. The Morgan fingerprint density at radius 1 is 1.30 bits per heavy atom. The van der Waals surface area contributed by atoms with Crippen molar-refractivity contribution in [2.45, 2.75) is 31.3 Å². The molecule has 1 saturated heterocycles. The Bertz CT molecular complexity index is 987. The number of fused-ring (bicyclic) bond motifs is 4. The number of nitrogens with one attached hydrogen (secondary N) is 2. The lowest BCUT2D eigenvalue weighted by Crippen LogP contribution is -2.44. The van der Waals surface area contributed by atoms with Gasteiger partial charge in [0, 0.05) is 24.0 Å². The van der Waals surface area contributed by atoms with Crippen LogP contribution in [-0.4, -0.2) is 35.0 Å². The molecule has 1 fully saturated rings. The zero-order valence-electron chi connectivity index (χ0n) is 14.6. The van der Waals surface area contributed by atoms with Crippen molar-refractivity contribution in [3.05, 3.63) is 62.5 Å². The van der Waals surface area contributed by atoms with Crippen molar-refractivity contribution in [3.63, 3.8) is 0 Å². The Labute approximate surface area is 160 Å². The highest BCUT2D eigenvalue weighted by Gasteiger charge is 2.42. The summed E-state index contributed by atoms with van der Waals surface area (Å²) in [5.74, 6) is -0.530. The summed E-state index contributed by atoms with van der Waals surface area (Å²) in [6, 6.07) is 6.09. The largest absolute Gasteiger partial charge is 0.465 e. The van der Waals surface area contributed by atoms with Crippen LogP contribution in [0.25, 0.3) is 0 Å². The van der Waals surface area contributed by atoms with Crippen LogP contribution in [0.1, 0.15) is 40.4 Å². The topological polar surface area (TPSA) is 91.5 Å². The van der Waals surface area contributed by atoms with Crippen LogP contribution in [-0.2, 0) is 11.2 Å². The third-order valence-electron chi connectivity index (χ3n) is 5.22. The molecule has 2 amide bonds. The number of urea groups is 1. The predicted octanol–water partition coefficient (Wildman–Crippen LogP) is 3.11. The molecule has 1 aromatic heterocycles. The lowest BCUT2D eigenvalue weighted by molar-refractivity contribution is 0.0601. The Hall–Kier alpha value is -2.80. The highest BCUT2D eigenvalue weighted by atomic mass is 35.5. The molecule has 140 valence electrons. The van der Waals surface area contributed by atoms with Crippen molar-refractivity contribution in [2.75, 3.05) is 12.4 Å². The number of H-pyrrole nitrogens is 1. The SMILES string of the molecule is COC(=O)c1ccc(NC(=O)N2[C@H]3CC[C@@H]2c2c[nH]c(=O)cc2C3)cc1Cl. The monoisotopic (exact) mass is 387 g/mol. The number of methoxy groups -OCH3 is 1. The van der Waals surface area contributed by atoms with Gasteiger partial charge in [0.2, 0.25) is 5.56 Å². The molecule has 3 heterocycles. The number of ether oxygens (including phenoxy) is 1. The molecule has 2 N–H and O–H groups in total. The number of hydrogen-bond donors (Lipinski definition) is 2. The molecule has 0 saturated carbocycles. The van der Waals surface area contributed by atoms with Gasteiger partial charge in [-0.05, 0) is 48.6 Å². The maximum atomic E-state index is 12.9. The highest BCUT2D eigenvalue weighted by molar-refractivity contribution is 6.34. The number of aromatic amines is 1. The number of carbonyl (C=O) groups is 2. The van der Waals surface area contributed by atoms with Gasteiger partial charge < -0.3 is 19.9 Å². The molecule has 2 aromatic rings. The Morgan fingerprint density at radius 2 is 2.11 bits per heavy atom. The molecule has 0 spiro atoms. The number of rotatable bonds is 2. The third kappa shape index (κ3) is 3.08. The number of amides is 2. The normalized spacial score (nSPS) is 20.1. The lowest BCUT2D eigenvalue weighted by atomic mass is 9.95. The van der Waals surface area contributed by atoms with E-state index in [1.165, 1.54) is 19.2 Å². The van der Waals surface area contributed by atoms with Crippen LogP contribution in [0.15, 0.2) is 35.3 Å². The van der Waals surface area contributed by atoms with E-state index in [2.05, 4.69) is 15.0 Å². The van der Waals surface area contributed by atoms with Crippen molar-refractivity contribution in [1.82, 2.24) is 9.88 Å². The first-order valence-electron chi connectivity index (χ1n) is 8.66. The van der Waals surface area contributed by atoms with Gasteiger partial charge in [0.15, 0.2) is 0 Å². The average Bonchev–Trinajstić information content (AvgIpc) is 2.96. The summed E-state index contributed by atoms with van der Waals surface area (Å²) in [6.07, 6.45) is 4.14. The fourth-order valence-electron chi connectivity index (χ4n) is 4.02. The summed E-state index contributed by atoms with van der Waals surface area (Å²) in [4.78, 5) is 40.6. The van der Waals surface area contributed by atoms with Gasteiger partial charge >= 0.3 is 12.0 Å². The standard InChI is InChI=1S/C19H18ClN3O4/c1-27-18(25)13-4-2-11(8-15(13)20)22-19(26)23-12-3-5-16(23)14-9-21-17(24)7-10(14)6-12/h2,4,7-9,12,16H,3,5-6H2,1H3,(H,21,24)(H,22,26)/t12-,16+/m0/s1. The number of hydrogen-bond acceptors (Lipinski definition) is 4. The smallest absolute Gasteiger partial charge is 0.339 e. The number of anilines is 1. The minimum atomic E-state index is -0.530. The van der Waals surface area contributed by atoms with Gasteiger partial charge in [-0.15, -0.1) is 0 Å². The Balaban J connectivity index is 1.56. The fourth-order valence-corrected chi connectivity index (χ4v) is 4.28. The van der Waals surface area contributed by atoms with E-state index in [9.17, 15) is 14.4 Å². The summed E-state index contributed by atoms with van der Waals surface area (Å²) < 4.78 is 4.67. The molecule has 8 heteroatoms. The van der Waals surface area contributed by atoms with Gasteiger partial charge in [0.05, 0.1) is 23.7 Å². The van der Waals surface area contributed by atoms with Crippen LogP contribution in [0, 0.1) is 0 Å². The predicted molar refractivity (Wildman–Crippen MR) is 100 cm³/mol. The number of pyridine rings is 1. The van der Waals surface area contributed by atoms with E-state index in [0.717, 1.165) is 24.0 Å². The van der Waals surface area contributed by atoms with E-state index in [1.54, 1.807) is 18.3 Å². The molecule has 2 bridgehead atoms. The van der Waals surface area contributed by atoms with Gasteiger partial charge in [0.25, 0.3) is 0 Å². The highest BCUT2D eigenvalue weighted by Crippen LogP contribution is 2.43. The molecule has 1 aromatic carbocycles. The van der Waals surface area contributed by atoms with Crippen molar-refractivity contribution in [2.24, 2.45) is 0 Å². The molecular formula is C19H18ClN3O4. The van der Waals surface area contributed by atoms with Crippen LogP contribution < -0.4 is 10.9 Å². The fraction of sp³-hybridized carbons (Fsp3) is 0.316. The second kappa shape index (κ2) is 6.74. The number of benzene rings is 1. The molecular weight excluding hydrogens is 370 g/mol. The van der Waals surface area contributed by atoms with Gasteiger partial charge in [-0.25, -0.2) is 9.59 Å². The van der Waals surface area contributed by atoms with Crippen LogP contribution in [0.3, 0.4) is 0 Å². The number of nitrogens with zero attached hydrogens (tertiary/aromatic N) is 1. The van der Waals surface area contributed by atoms with E-state index in [-0.39, 0.29) is 34.3 Å². The molecule has 4 rings (SSSR count). The van der Waals surface area contributed by atoms with Crippen LogP contribution in [0.5, 0.6) is 0 Å². The van der Waals surface area contributed by atoms with E-state index >= 15 is 0 Å². The van der Waals surface area contributed by atoms with Gasteiger partial charge in [0.1, 0.15) is 0 Å². The molecule has 0 radical (unpaired) electrons. The number of aromatic nitrogens is 1. The average molecular weight is 388 g/mol. The summed E-state index contributed by atoms with van der Waals surface area (Å²) in [5, 5.41) is 3.07. The molecule has 2 aliphatic rings. The summed E-state index contributed by atoms with van der Waals surface area (Å²) in [6.45, 7) is 0. The summed E-state index contributed by atoms with van der Waals surface area (Å²) in [5.41, 5.74) is 2.64. The van der Waals surface area contributed by atoms with Gasteiger partial charge in [-0.2, -0.15) is 0 Å². The quantitative estimate of drug-likeness (QED) is 0.774. The summed E-state index contributed by atoms with van der Waals surface area (Å²) >= 11 is 6.12. The van der Waals surface area contributed by atoms with E-state index < -0.39 is 5.97 Å². The zero-order chi connectivity index (χ0) is 19.1. The number of halogens is 1. The van der Waals surface area contributed by atoms with Crippen molar-refractivity contribution >= 4 is 29.3 Å². The first-order chi connectivity index (χ1) is 13.0. The first-order valence-corrected chi connectivity index (χ1v) is 9.04. The van der Waals surface area contributed by atoms with Gasteiger partial charge in [-0.1, -0.05) is 11.6 Å². The van der Waals surface area contributed by atoms with Crippen molar-refractivity contribution in [3.8, 4) is 0 Å². The minimum Gasteiger partial charge on any atom is -0.465 e. The summed E-state index contributed by atoms with van der Waals surface area (Å²) in [7, 11) is 1.28. The lowest BCUT2D eigenvalue weighted by Gasteiger charge is -2.36. The molecule has 27 heavy (non-hydrogen) atoms. The molecule has 7 nitrogen and oxygen atoms in total. The molecule has 0 aliphatic carbocycles. The minimum absolute atomic E-state index is 0.0552. The Kier molecular flexibility index (Phi) is 4.39. The van der Waals surface area contributed by atoms with E-state index in [4.69, 9.17) is 11.6 Å².